The number of nitrogens with zero attached hydrogens (tertiary/aromatic N) is 1. The molecule has 0 aliphatic carbocycles. The molecule has 1 aliphatic heterocycles. The Kier molecular flexibility index (Phi) is 3.38. The zero-order valence-electron chi connectivity index (χ0n) is 11.5. The molecule has 2 heteroatoms. The van der Waals surface area contributed by atoms with Crippen molar-refractivity contribution in [3.63, 3.8) is 0 Å². The molecule has 0 unspecified atom stereocenters. The van der Waals surface area contributed by atoms with E-state index in [0.29, 0.717) is 0 Å². The maximum absolute atomic E-state index is 11.9. The molecule has 0 bridgehead atoms. The molecule has 2 aromatic rings. The summed E-state index contributed by atoms with van der Waals surface area (Å²) >= 11 is 0. The summed E-state index contributed by atoms with van der Waals surface area (Å²) in [5.74, 6) is 0.0978. The van der Waals surface area contributed by atoms with Gasteiger partial charge < -0.3 is 4.90 Å². The van der Waals surface area contributed by atoms with Gasteiger partial charge in [-0.1, -0.05) is 48.5 Å². The Morgan fingerprint density at radius 2 is 1.75 bits per heavy atom. The van der Waals surface area contributed by atoms with Gasteiger partial charge in [0, 0.05) is 24.0 Å². The fraction of sp³-hybridized carbons (Fsp3) is 0.167. The monoisotopic (exact) mass is 263 g/mol. The standard InChI is InChI=1S/C18H17NO/c1-14(20)17(15-7-3-2-4-8-15)13-19-12-11-16-9-5-6-10-18(16)19/h2-10,13H,11-12H2,1H3/b17-13+. The zero-order chi connectivity index (χ0) is 13.9. The summed E-state index contributed by atoms with van der Waals surface area (Å²) in [5.41, 5.74) is 4.30. The highest BCUT2D eigenvalue weighted by molar-refractivity contribution is 6.19. The lowest BCUT2D eigenvalue weighted by Crippen LogP contribution is -2.14. The molecule has 0 N–H and O–H groups in total. The summed E-state index contributed by atoms with van der Waals surface area (Å²) in [6.45, 7) is 2.56. The maximum Gasteiger partial charge on any atom is 0.161 e. The average Bonchev–Trinajstić information content (AvgIpc) is 2.88. The number of allylic oxidation sites excluding steroid dienone is 1. The van der Waals surface area contributed by atoms with Crippen molar-refractivity contribution in [2.45, 2.75) is 13.3 Å². The van der Waals surface area contributed by atoms with E-state index >= 15 is 0 Å². The maximum atomic E-state index is 11.9. The van der Waals surface area contributed by atoms with Gasteiger partial charge in [-0.25, -0.2) is 0 Å². The number of hydrogen-bond acceptors (Lipinski definition) is 2. The van der Waals surface area contributed by atoms with Crippen LogP contribution in [0.5, 0.6) is 0 Å². The quantitative estimate of drug-likeness (QED) is 0.787. The van der Waals surface area contributed by atoms with E-state index in [4.69, 9.17) is 0 Å². The van der Waals surface area contributed by atoms with Crippen molar-refractivity contribution in [2.24, 2.45) is 0 Å². The third kappa shape index (κ3) is 2.37. The van der Waals surface area contributed by atoms with Crippen LogP contribution in [0.2, 0.25) is 0 Å². The van der Waals surface area contributed by atoms with Crippen LogP contribution in [0.1, 0.15) is 18.1 Å². The number of carbonyl (C=O) groups is 1. The molecule has 0 radical (unpaired) electrons. The summed E-state index contributed by atoms with van der Waals surface area (Å²) in [6.07, 6.45) is 3.02. The van der Waals surface area contributed by atoms with Crippen LogP contribution in [0.25, 0.3) is 5.57 Å². The molecule has 3 rings (SSSR count). The summed E-state index contributed by atoms with van der Waals surface area (Å²) in [4.78, 5) is 14.1. The summed E-state index contributed by atoms with van der Waals surface area (Å²) in [7, 11) is 0. The number of hydrogen-bond donors (Lipinski definition) is 0. The van der Waals surface area contributed by atoms with Crippen LogP contribution >= 0.6 is 0 Å². The molecule has 0 saturated heterocycles. The molecule has 0 aromatic heterocycles. The van der Waals surface area contributed by atoms with Crippen LogP contribution in [0.3, 0.4) is 0 Å². The van der Waals surface area contributed by atoms with Gasteiger partial charge in [-0.15, -0.1) is 0 Å². The number of rotatable bonds is 3. The summed E-state index contributed by atoms with van der Waals surface area (Å²) in [5, 5.41) is 0. The third-order valence-corrected chi connectivity index (χ3v) is 3.67. The molecule has 20 heavy (non-hydrogen) atoms. The Hall–Kier alpha value is -2.35. The van der Waals surface area contributed by atoms with Gasteiger partial charge in [0.2, 0.25) is 0 Å². The highest BCUT2D eigenvalue weighted by atomic mass is 16.1. The SMILES string of the molecule is CC(=O)/C(=C\N1CCc2ccccc21)c1ccccc1. The highest BCUT2D eigenvalue weighted by Gasteiger charge is 2.18. The molecule has 1 heterocycles. The van der Waals surface area contributed by atoms with Gasteiger partial charge >= 0.3 is 0 Å². The summed E-state index contributed by atoms with van der Waals surface area (Å²) in [6, 6.07) is 18.2. The first-order chi connectivity index (χ1) is 9.75. The Labute approximate surface area is 119 Å². The minimum absolute atomic E-state index is 0.0978. The van der Waals surface area contributed by atoms with Crippen molar-refractivity contribution in [1.82, 2.24) is 0 Å². The lowest BCUT2D eigenvalue weighted by Gasteiger charge is -2.16. The van der Waals surface area contributed by atoms with Crippen LogP contribution in [-0.4, -0.2) is 12.3 Å². The molecule has 2 aromatic carbocycles. The predicted molar refractivity (Wildman–Crippen MR) is 82.6 cm³/mol. The smallest absolute Gasteiger partial charge is 0.161 e. The minimum atomic E-state index is 0.0978. The van der Waals surface area contributed by atoms with Crippen LogP contribution in [-0.2, 0) is 11.2 Å². The van der Waals surface area contributed by atoms with Crippen molar-refractivity contribution in [1.29, 1.82) is 0 Å². The molecule has 0 saturated carbocycles. The first-order valence-electron chi connectivity index (χ1n) is 6.88. The fourth-order valence-electron chi connectivity index (χ4n) is 2.64. The van der Waals surface area contributed by atoms with Crippen LogP contribution < -0.4 is 4.90 Å². The van der Waals surface area contributed by atoms with E-state index in [0.717, 1.165) is 24.1 Å². The second-order valence-corrected chi connectivity index (χ2v) is 5.04. The van der Waals surface area contributed by atoms with E-state index in [1.54, 1.807) is 6.92 Å². The Morgan fingerprint density at radius 3 is 2.50 bits per heavy atom. The second kappa shape index (κ2) is 5.33. The number of para-hydroxylation sites is 1. The highest BCUT2D eigenvalue weighted by Crippen LogP contribution is 2.29. The first kappa shape index (κ1) is 12.7. The molecule has 100 valence electrons. The van der Waals surface area contributed by atoms with E-state index in [-0.39, 0.29) is 5.78 Å². The van der Waals surface area contributed by atoms with Gasteiger partial charge in [-0.05, 0) is 30.5 Å². The van der Waals surface area contributed by atoms with Crippen molar-refractivity contribution >= 4 is 17.0 Å². The molecular formula is C18H17NO. The van der Waals surface area contributed by atoms with Gasteiger partial charge in [-0.3, -0.25) is 4.79 Å². The van der Waals surface area contributed by atoms with E-state index in [2.05, 4.69) is 23.1 Å². The van der Waals surface area contributed by atoms with E-state index in [1.807, 2.05) is 42.6 Å². The molecule has 0 fully saturated rings. The van der Waals surface area contributed by atoms with Crippen LogP contribution in [0.15, 0.2) is 60.8 Å². The van der Waals surface area contributed by atoms with Gasteiger partial charge in [0.15, 0.2) is 5.78 Å². The normalized spacial score (nSPS) is 14.2. The topological polar surface area (TPSA) is 20.3 Å². The molecule has 0 spiro atoms. The third-order valence-electron chi connectivity index (χ3n) is 3.67. The van der Waals surface area contributed by atoms with E-state index in [9.17, 15) is 4.79 Å². The number of ketones is 1. The fourth-order valence-corrected chi connectivity index (χ4v) is 2.64. The van der Waals surface area contributed by atoms with Crippen LogP contribution in [0, 0.1) is 0 Å². The molecule has 2 nitrogen and oxygen atoms in total. The van der Waals surface area contributed by atoms with Gasteiger partial charge in [0.25, 0.3) is 0 Å². The number of fused-ring (bicyclic) bond motifs is 1. The van der Waals surface area contributed by atoms with Crippen molar-refractivity contribution < 1.29 is 4.79 Å². The number of anilines is 1. The number of Topliss-reactive ketones (excluding diaryl/α,β-unsaturated/α-hetero) is 1. The largest absolute Gasteiger partial charge is 0.347 e. The van der Waals surface area contributed by atoms with Crippen molar-refractivity contribution in [3.05, 3.63) is 71.9 Å². The summed E-state index contributed by atoms with van der Waals surface area (Å²) < 4.78 is 0. The number of carbonyl (C=O) groups excluding carboxylic acids is 1. The molecular weight excluding hydrogens is 246 g/mol. The molecule has 0 amide bonds. The Balaban J connectivity index is 2.00. The van der Waals surface area contributed by atoms with Crippen LogP contribution in [0.4, 0.5) is 5.69 Å². The van der Waals surface area contributed by atoms with Gasteiger partial charge in [0.1, 0.15) is 0 Å². The molecule has 1 aliphatic rings. The van der Waals surface area contributed by atoms with Crippen molar-refractivity contribution in [3.8, 4) is 0 Å². The number of benzene rings is 2. The first-order valence-corrected chi connectivity index (χ1v) is 6.88. The Bertz CT molecular complexity index is 658. The Morgan fingerprint density at radius 1 is 1.05 bits per heavy atom. The van der Waals surface area contributed by atoms with Crippen molar-refractivity contribution in [2.75, 3.05) is 11.4 Å². The average molecular weight is 263 g/mol. The second-order valence-electron chi connectivity index (χ2n) is 5.04. The van der Waals surface area contributed by atoms with E-state index in [1.165, 1.54) is 11.3 Å². The zero-order valence-corrected chi connectivity index (χ0v) is 11.5. The van der Waals surface area contributed by atoms with Gasteiger partial charge in [-0.2, -0.15) is 0 Å². The minimum Gasteiger partial charge on any atom is -0.347 e. The van der Waals surface area contributed by atoms with E-state index < -0.39 is 0 Å². The lowest BCUT2D eigenvalue weighted by molar-refractivity contribution is -0.111. The van der Waals surface area contributed by atoms with Gasteiger partial charge in [0.05, 0.1) is 0 Å². The predicted octanol–water partition coefficient (Wildman–Crippen LogP) is 3.68. The molecule has 0 atom stereocenters. The lowest BCUT2D eigenvalue weighted by atomic mass is 10.0.